The van der Waals surface area contributed by atoms with Crippen LogP contribution in [0.1, 0.15) is 9.67 Å². The summed E-state index contributed by atoms with van der Waals surface area (Å²) < 4.78 is 4.00. The molecule has 1 aliphatic rings. The monoisotopic (exact) mass is 351 g/mol. The van der Waals surface area contributed by atoms with E-state index in [1.165, 1.54) is 11.5 Å². The van der Waals surface area contributed by atoms with E-state index in [-0.39, 0.29) is 5.91 Å². The second-order valence-electron chi connectivity index (χ2n) is 5.78. The van der Waals surface area contributed by atoms with Crippen molar-refractivity contribution in [1.29, 1.82) is 0 Å². The zero-order chi connectivity index (χ0) is 17.1. The summed E-state index contributed by atoms with van der Waals surface area (Å²) >= 11 is 1.17. The standard InChI is InChI=1S/C18H17N5OS/c24-18(17-16(20-21-25-17)14-6-2-1-3-7-14)23-12-10-22(11-13-23)15-8-4-5-9-19-15/h1-9H,10-13H2. The van der Waals surface area contributed by atoms with Crippen molar-refractivity contribution in [3.05, 3.63) is 59.6 Å². The Morgan fingerprint density at radius 3 is 2.44 bits per heavy atom. The van der Waals surface area contributed by atoms with Gasteiger partial charge in [0.15, 0.2) is 0 Å². The Morgan fingerprint density at radius 2 is 1.72 bits per heavy atom. The van der Waals surface area contributed by atoms with Crippen LogP contribution in [0.4, 0.5) is 5.82 Å². The van der Waals surface area contributed by atoms with E-state index in [0.29, 0.717) is 23.7 Å². The Kier molecular flexibility index (Phi) is 4.39. The average molecular weight is 351 g/mol. The van der Waals surface area contributed by atoms with Crippen molar-refractivity contribution in [1.82, 2.24) is 19.5 Å². The van der Waals surface area contributed by atoms with Crippen molar-refractivity contribution < 1.29 is 4.79 Å². The molecule has 4 rings (SSSR count). The first-order valence-corrected chi connectivity index (χ1v) is 8.93. The molecule has 25 heavy (non-hydrogen) atoms. The third kappa shape index (κ3) is 3.23. The van der Waals surface area contributed by atoms with Gasteiger partial charge < -0.3 is 9.80 Å². The molecule has 2 aromatic heterocycles. The number of hydrogen-bond acceptors (Lipinski definition) is 6. The number of anilines is 1. The van der Waals surface area contributed by atoms with Crippen molar-refractivity contribution in [2.24, 2.45) is 0 Å². The molecule has 126 valence electrons. The summed E-state index contributed by atoms with van der Waals surface area (Å²) in [5.41, 5.74) is 1.59. The molecule has 0 N–H and O–H groups in total. The SMILES string of the molecule is O=C(c1snnc1-c1ccccc1)N1CCN(c2ccccn2)CC1. The van der Waals surface area contributed by atoms with Gasteiger partial charge in [-0.3, -0.25) is 4.79 Å². The number of benzene rings is 1. The maximum atomic E-state index is 12.9. The maximum absolute atomic E-state index is 12.9. The second kappa shape index (κ2) is 6.98. The summed E-state index contributed by atoms with van der Waals surface area (Å²) in [6, 6.07) is 15.6. The van der Waals surface area contributed by atoms with Crippen LogP contribution in [0.15, 0.2) is 54.7 Å². The first-order valence-electron chi connectivity index (χ1n) is 8.16. The van der Waals surface area contributed by atoms with E-state index in [0.717, 1.165) is 24.5 Å². The van der Waals surface area contributed by atoms with E-state index in [2.05, 4.69) is 19.5 Å². The molecule has 0 unspecified atom stereocenters. The predicted octanol–water partition coefficient (Wildman–Crippen LogP) is 2.56. The predicted molar refractivity (Wildman–Crippen MR) is 97.7 cm³/mol. The number of carbonyl (C=O) groups is 1. The highest BCUT2D eigenvalue weighted by Crippen LogP contribution is 2.25. The normalized spacial score (nSPS) is 14.6. The van der Waals surface area contributed by atoms with Crippen LogP contribution in [0.3, 0.4) is 0 Å². The lowest BCUT2D eigenvalue weighted by molar-refractivity contribution is 0.0752. The van der Waals surface area contributed by atoms with Gasteiger partial charge in [0.1, 0.15) is 16.4 Å². The van der Waals surface area contributed by atoms with Gasteiger partial charge >= 0.3 is 0 Å². The Hall–Kier alpha value is -2.80. The summed E-state index contributed by atoms with van der Waals surface area (Å²) in [5.74, 6) is 0.966. The molecule has 0 bridgehead atoms. The van der Waals surface area contributed by atoms with E-state index in [9.17, 15) is 4.79 Å². The average Bonchev–Trinajstić information content (AvgIpc) is 3.19. The molecule has 0 spiro atoms. The second-order valence-corrected chi connectivity index (χ2v) is 6.54. The molecule has 0 radical (unpaired) electrons. The van der Waals surface area contributed by atoms with Gasteiger partial charge in [-0.05, 0) is 23.7 Å². The van der Waals surface area contributed by atoms with Crippen LogP contribution < -0.4 is 4.90 Å². The fourth-order valence-corrected chi connectivity index (χ4v) is 3.60. The number of nitrogens with zero attached hydrogens (tertiary/aromatic N) is 5. The Bertz CT molecular complexity index is 844. The van der Waals surface area contributed by atoms with Crippen molar-refractivity contribution >= 4 is 23.3 Å². The number of hydrogen-bond donors (Lipinski definition) is 0. The number of carbonyl (C=O) groups excluding carboxylic acids is 1. The summed E-state index contributed by atoms with van der Waals surface area (Å²) in [5, 5.41) is 4.17. The quantitative estimate of drug-likeness (QED) is 0.726. The molecular formula is C18H17N5OS. The molecule has 1 fully saturated rings. The number of amides is 1. The lowest BCUT2D eigenvalue weighted by atomic mass is 10.1. The van der Waals surface area contributed by atoms with Crippen LogP contribution in [-0.4, -0.2) is 51.6 Å². The minimum Gasteiger partial charge on any atom is -0.353 e. The maximum Gasteiger partial charge on any atom is 0.268 e. The highest BCUT2D eigenvalue weighted by atomic mass is 32.1. The third-order valence-electron chi connectivity index (χ3n) is 4.27. The van der Waals surface area contributed by atoms with Crippen LogP contribution in [0.2, 0.25) is 0 Å². The van der Waals surface area contributed by atoms with Gasteiger partial charge in [0.05, 0.1) is 0 Å². The molecule has 6 nitrogen and oxygen atoms in total. The van der Waals surface area contributed by atoms with E-state index < -0.39 is 0 Å². The van der Waals surface area contributed by atoms with Gasteiger partial charge in [0.2, 0.25) is 0 Å². The van der Waals surface area contributed by atoms with Gasteiger partial charge in [-0.25, -0.2) is 4.98 Å². The van der Waals surface area contributed by atoms with E-state index in [1.54, 1.807) is 6.20 Å². The molecule has 3 heterocycles. The molecule has 0 atom stereocenters. The van der Waals surface area contributed by atoms with Gasteiger partial charge in [0.25, 0.3) is 5.91 Å². The molecule has 0 saturated carbocycles. The minimum atomic E-state index is 0.00882. The van der Waals surface area contributed by atoms with Crippen LogP contribution in [-0.2, 0) is 0 Å². The summed E-state index contributed by atoms with van der Waals surface area (Å²) in [6.45, 7) is 2.88. The largest absolute Gasteiger partial charge is 0.353 e. The summed E-state index contributed by atoms with van der Waals surface area (Å²) in [6.07, 6.45) is 1.79. The zero-order valence-electron chi connectivity index (χ0n) is 13.6. The fraction of sp³-hybridized carbons (Fsp3) is 0.222. The first-order chi connectivity index (χ1) is 12.3. The van der Waals surface area contributed by atoms with E-state index >= 15 is 0 Å². The molecule has 3 aromatic rings. The van der Waals surface area contributed by atoms with E-state index in [4.69, 9.17) is 0 Å². The molecule has 7 heteroatoms. The van der Waals surface area contributed by atoms with Crippen molar-refractivity contribution in [2.45, 2.75) is 0 Å². The Labute approximate surface area is 149 Å². The highest BCUT2D eigenvalue weighted by molar-refractivity contribution is 7.08. The van der Waals surface area contributed by atoms with Gasteiger partial charge in [-0.1, -0.05) is 40.9 Å². The lowest BCUT2D eigenvalue weighted by Crippen LogP contribution is -2.49. The Balaban J connectivity index is 1.48. The number of pyridine rings is 1. The molecular weight excluding hydrogens is 334 g/mol. The topological polar surface area (TPSA) is 62.2 Å². The Morgan fingerprint density at radius 1 is 0.960 bits per heavy atom. The van der Waals surface area contributed by atoms with Crippen LogP contribution in [0, 0.1) is 0 Å². The molecule has 0 aliphatic carbocycles. The molecule has 1 aliphatic heterocycles. The molecule has 1 aromatic carbocycles. The van der Waals surface area contributed by atoms with Crippen molar-refractivity contribution in [3.63, 3.8) is 0 Å². The number of piperazine rings is 1. The van der Waals surface area contributed by atoms with Gasteiger partial charge in [-0.2, -0.15) is 0 Å². The van der Waals surface area contributed by atoms with Crippen molar-refractivity contribution in [2.75, 3.05) is 31.1 Å². The summed E-state index contributed by atoms with van der Waals surface area (Å²) in [7, 11) is 0. The number of rotatable bonds is 3. The highest BCUT2D eigenvalue weighted by Gasteiger charge is 2.26. The van der Waals surface area contributed by atoms with Crippen LogP contribution >= 0.6 is 11.5 Å². The smallest absolute Gasteiger partial charge is 0.268 e. The zero-order valence-corrected chi connectivity index (χ0v) is 14.4. The van der Waals surface area contributed by atoms with Gasteiger partial charge in [0, 0.05) is 37.9 Å². The fourth-order valence-electron chi connectivity index (χ4n) is 2.94. The number of aromatic nitrogens is 3. The van der Waals surface area contributed by atoms with Crippen molar-refractivity contribution in [3.8, 4) is 11.3 Å². The third-order valence-corrected chi connectivity index (χ3v) is 4.98. The minimum absolute atomic E-state index is 0.00882. The van der Waals surface area contributed by atoms with Crippen LogP contribution in [0.25, 0.3) is 11.3 Å². The van der Waals surface area contributed by atoms with Crippen LogP contribution in [0.5, 0.6) is 0 Å². The summed E-state index contributed by atoms with van der Waals surface area (Å²) in [4.78, 5) is 22.0. The first kappa shape index (κ1) is 15.7. The molecule has 1 amide bonds. The van der Waals surface area contributed by atoms with Gasteiger partial charge in [-0.15, -0.1) is 5.10 Å². The molecule has 1 saturated heterocycles. The lowest BCUT2D eigenvalue weighted by Gasteiger charge is -2.35. The van der Waals surface area contributed by atoms with E-state index in [1.807, 2.05) is 53.4 Å².